The quantitative estimate of drug-likeness (QED) is 0.389. The van der Waals surface area contributed by atoms with E-state index in [-0.39, 0.29) is 19.0 Å². The summed E-state index contributed by atoms with van der Waals surface area (Å²) in [4.78, 5) is 12.4. The first-order valence-electron chi connectivity index (χ1n) is 9.06. The van der Waals surface area contributed by atoms with E-state index in [9.17, 15) is 9.18 Å². The van der Waals surface area contributed by atoms with Gasteiger partial charge in [0.25, 0.3) is 0 Å². The van der Waals surface area contributed by atoms with Crippen LogP contribution in [0.25, 0.3) is 0 Å². The molecule has 0 saturated heterocycles. The molecule has 3 aromatic carbocycles. The van der Waals surface area contributed by atoms with Crippen molar-refractivity contribution in [1.82, 2.24) is 0 Å². The molecule has 0 saturated carbocycles. The normalized spacial score (nSPS) is 10.3. The van der Waals surface area contributed by atoms with Gasteiger partial charge in [-0.1, -0.05) is 36.4 Å². The molecule has 0 atom stereocenters. The lowest BCUT2D eigenvalue weighted by Crippen LogP contribution is -2.12. The fraction of sp³-hybridized carbons (Fsp3) is 0.174. The van der Waals surface area contributed by atoms with Crippen molar-refractivity contribution in [3.05, 3.63) is 89.7 Å². The first-order valence-corrected chi connectivity index (χ1v) is 9.06. The molecule has 0 heterocycles. The van der Waals surface area contributed by atoms with E-state index >= 15 is 0 Å². The van der Waals surface area contributed by atoms with Gasteiger partial charge in [-0.05, 0) is 42.0 Å². The van der Waals surface area contributed by atoms with Crippen molar-refractivity contribution in [1.29, 1.82) is 0 Å². The Hall–Kier alpha value is -3.54. The van der Waals surface area contributed by atoms with Crippen LogP contribution in [0.3, 0.4) is 0 Å². The zero-order valence-electron chi connectivity index (χ0n) is 16.0. The average molecular weight is 396 g/mol. The number of carbonyl (C=O) groups excluding carboxylic acids is 1. The lowest BCUT2D eigenvalue weighted by molar-refractivity contribution is 0.0466. The SMILES string of the molecule is COc1ccc(COC(=O)c2ccccc2OCCOc2ccccc2)cc1F. The van der Waals surface area contributed by atoms with Gasteiger partial charge in [-0.25, -0.2) is 9.18 Å². The topological polar surface area (TPSA) is 54.0 Å². The zero-order chi connectivity index (χ0) is 20.5. The largest absolute Gasteiger partial charge is 0.494 e. The van der Waals surface area contributed by atoms with Crippen LogP contribution in [0, 0.1) is 5.82 Å². The van der Waals surface area contributed by atoms with Gasteiger partial charge < -0.3 is 18.9 Å². The standard InChI is InChI=1S/C23H21FO5/c1-26-22-12-11-17(15-20(22)24)16-29-23(25)19-9-5-6-10-21(19)28-14-13-27-18-7-3-2-4-8-18/h2-12,15H,13-14,16H2,1H3. The number of hydrogen-bond donors (Lipinski definition) is 0. The van der Waals surface area contributed by atoms with Crippen LogP contribution >= 0.6 is 0 Å². The number of benzene rings is 3. The molecule has 0 unspecified atom stereocenters. The van der Waals surface area contributed by atoms with Gasteiger partial charge in [0.05, 0.1) is 7.11 Å². The highest BCUT2D eigenvalue weighted by molar-refractivity contribution is 5.92. The molecular weight excluding hydrogens is 375 g/mol. The van der Waals surface area contributed by atoms with Crippen LogP contribution in [0.2, 0.25) is 0 Å². The molecule has 0 spiro atoms. The Morgan fingerprint density at radius 2 is 1.59 bits per heavy atom. The number of carbonyl (C=O) groups is 1. The molecule has 0 aliphatic carbocycles. The minimum absolute atomic E-state index is 0.0643. The molecule has 5 nitrogen and oxygen atoms in total. The van der Waals surface area contributed by atoms with Gasteiger partial charge in [-0.2, -0.15) is 0 Å². The Morgan fingerprint density at radius 3 is 2.34 bits per heavy atom. The second-order valence-corrected chi connectivity index (χ2v) is 6.05. The van der Waals surface area contributed by atoms with E-state index in [0.29, 0.717) is 23.5 Å². The van der Waals surface area contributed by atoms with Crippen LogP contribution < -0.4 is 14.2 Å². The molecule has 0 N–H and O–H groups in total. The Labute approximate surface area is 168 Å². The van der Waals surface area contributed by atoms with Gasteiger partial charge in [0.2, 0.25) is 0 Å². The van der Waals surface area contributed by atoms with Crippen LogP contribution in [0.5, 0.6) is 17.2 Å². The maximum atomic E-state index is 13.8. The molecule has 0 aliphatic rings. The monoisotopic (exact) mass is 396 g/mol. The smallest absolute Gasteiger partial charge is 0.342 e. The van der Waals surface area contributed by atoms with Crippen molar-refractivity contribution < 1.29 is 28.1 Å². The summed E-state index contributed by atoms with van der Waals surface area (Å²) in [6.07, 6.45) is 0. The molecule has 0 aliphatic heterocycles. The van der Waals surface area contributed by atoms with Crippen LogP contribution in [0.4, 0.5) is 4.39 Å². The molecule has 0 fully saturated rings. The first-order chi connectivity index (χ1) is 14.2. The molecule has 0 bridgehead atoms. The van der Waals surface area contributed by atoms with Crippen molar-refractivity contribution >= 4 is 5.97 Å². The second-order valence-electron chi connectivity index (χ2n) is 6.05. The maximum absolute atomic E-state index is 13.8. The summed E-state index contributed by atoms with van der Waals surface area (Å²) in [7, 11) is 1.39. The van der Waals surface area contributed by atoms with E-state index < -0.39 is 11.8 Å². The summed E-state index contributed by atoms with van der Waals surface area (Å²) in [5, 5.41) is 0. The number of methoxy groups -OCH3 is 1. The number of hydrogen-bond acceptors (Lipinski definition) is 5. The molecule has 0 amide bonds. The van der Waals surface area contributed by atoms with E-state index in [1.165, 1.54) is 19.2 Å². The number of para-hydroxylation sites is 2. The molecule has 29 heavy (non-hydrogen) atoms. The van der Waals surface area contributed by atoms with Gasteiger partial charge in [-0.15, -0.1) is 0 Å². The van der Waals surface area contributed by atoms with Crippen molar-refractivity contribution in [2.24, 2.45) is 0 Å². The molecule has 3 rings (SSSR count). The van der Waals surface area contributed by atoms with Gasteiger partial charge >= 0.3 is 5.97 Å². The first kappa shape index (κ1) is 20.2. The highest BCUT2D eigenvalue weighted by atomic mass is 19.1. The van der Waals surface area contributed by atoms with Crippen LogP contribution in [-0.2, 0) is 11.3 Å². The van der Waals surface area contributed by atoms with Gasteiger partial charge in [0, 0.05) is 0 Å². The number of rotatable bonds is 9. The lowest BCUT2D eigenvalue weighted by Gasteiger charge is -2.12. The highest BCUT2D eigenvalue weighted by Gasteiger charge is 2.14. The van der Waals surface area contributed by atoms with Crippen LogP contribution in [0.1, 0.15) is 15.9 Å². The summed E-state index contributed by atoms with van der Waals surface area (Å²) in [6.45, 7) is 0.534. The van der Waals surface area contributed by atoms with Crippen molar-refractivity contribution in [2.75, 3.05) is 20.3 Å². The maximum Gasteiger partial charge on any atom is 0.342 e. The Balaban J connectivity index is 1.54. The summed E-state index contributed by atoms with van der Waals surface area (Å²) < 4.78 is 35.2. The van der Waals surface area contributed by atoms with Crippen molar-refractivity contribution in [2.45, 2.75) is 6.61 Å². The summed E-state index contributed by atoms with van der Waals surface area (Å²) in [6, 6.07) is 20.6. The molecule has 6 heteroatoms. The summed E-state index contributed by atoms with van der Waals surface area (Å²) >= 11 is 0. The fourth-order valence-electron chi connectivity index (χ4n) is 2.62. The Kier molecular flexibility index (Phi) is 7.05. The fourth-order valence-corrected chi connectivity index (χ4v) is 2.62. The number of halogens is 1. The molecule has 0 aromatic heterocycles. The van der Waals surface area contributed by atoms with E-state index in [1.54, 1.807) is 30.3 Å². The number of ether oxygens (including phenoxy) is 4. The minimum atomic E-state index is -0.555. The lowest BCUT2D eigenvalue weighted by atomic mass is 10.2. The van der Waals surface area contributed by atoms with E-state index in [0.717, 1.165) is 5.75 Å². The van der Waals surface area contributed by atoms with Gasteiger partial charge in [-0.3, -0.25) is 0 Å². The van der Waals surface area contributed by atoms with E-state index in [2.05, 4.69) is 0 Å². The predicted molar refractivity (Wildman–Crippen MR) is 106 cm³/mol. The third-order valence-corrected chi connectivity index (χ3v) is 4.05. The highest BCUT2D eigenvalue weighted by Crippen LogP contribution is 2.21. The molecular formula is C23H21FO5. The second kappa shape index (κ2) is 10.1. The average Bonchev–Trinajstić information content (AvgIpc) is 2.76. The van der Waals surface area contributed by atoms with Gasteiger partial charge in [0.1, 0.15) is 36.9 Å². The minimum Gasteiger partial charge on any atom is -0.494 e. The predicted octanol–water partition coefficient (Wildman–Crippen LogP) is 4.65. The molecule has 150 valence electrons. The van der Waals surface area contributed by atoms with E-state index in [1.807, 2.05) is 30.3 Å². The summed E-state index contributed by atoms with van der Waals surface area (Å²) in [5.41, 5.74) is 0.813. The van der Waals surface area contributed by atoms with E-state index in [4.69, 9.17) is 18.9 Å². The molecule has 3 aromatic rings. The van der Waals surface area contributed by atoms with Crippen molar-refractivity contribution in [3.63, 3.8) is 0 Å². The third kappa shape index (κ3) is 5.72. The van der Waals surface area contributed by atoms with Gasteiger partial charge in [0.15, 0.2) is 11.6 Å². The number of esters is 1. The van der Waals surface area contributed by atoms with Crippen LogP contribution in [0.15, 0.2) is 72.8 Å². The Morgan fingerprint density at radius 1 is 0.862 bits per heavy atom. The molecule has 0 radical (unpaired) electrons. The van der Waals surface area contributed by atoms with Crippen LogP contribution in [-0.4, -0.2) is 26.3 Å². The summed E-state index contributed by atoms with van der Waals surface area (Å²) in [5.74, 6) is 0.214. The van der Waals surface area contributed by atoms with Crippen molar-refractivity contribution in [3.8, 4) is 17.2 Å². The Bertz CT molecular complexity index is 943. The zero-order valence-corrected chi connectivity index (χ0v) is 16.0. The third-order valence-electron chi connectivity index (χ3n) is 4.05.